The Kier molecular flexibility index (Phi) is 7.79. The zero-order valence-electron chi connectivity index (χ0n) is 18.6. The second kappa shape index (κ2) is 10.4. The van der Waals surface area contributed by atoms with Crippen LogP contribution in [0.4, 0.5) is 0 Å². The molecule has 32 heavy (non-hydrogen) atoms. The molecule has 2 aromatic carbocycles. The minimum Gasteiger partial charge on any atom is -0.497 e. The standard InChI is InChI=1S/C24H31NO6S/c1-3-4-16-31-20-8-10-22(11-9-20)32(28,29)24(23(26)27)12-14-25(15-13-24)18-19-6-5-7-21(17-19)30-2/h5-11,17H,3-4,12-16,18H2,1-2H3,(H,26,27). The number of unbranched alkanes of at least 4 members (excludes halogenated alkanes) is 1. The van der Waals surface area contributed by atoms with Crippen LogP contribution in [0.1, 0.15) is 38.2 Å². The van der Waals surface area contributed by atoms with Crippen molar-refractivity contribution >= 4 is 15.8 Å². The number of hydrogen-bond donors (Lipinski definition) is 1. The molecule has 0 aliphatic carbocycles. The molecule has 1 N–H and O–H groups in total. The summed E-state index contributed by atoms with van der Waals surface area (Å²) in [6.45, 7) is 3.98. The number of aliphatic carboxylic acids is 1. The number of hydrogen-bond acceptors (Lipinski definition) is 6. The van der Waals surface area contributed by atoms with E-state index in [1.807, 2.05) is 24.3 Å². The highest BCUT2D eigenvalue weighted by atomic mass is 32.2. The third-order valence-corrected chi connectivity index (χ3v) is 8.51. The molecule has 1 fully saturated rings. The monoisotopic (exact) mass is 461 g/mol. The van der Waals surface area contributed by atoms with E-state index >= 15 is 0 Å². The van der Waals surface area contributed by atoms with Crippen LogP contribution in [-0.2, 0) is 21.2 Å². The fourth-order valence-electron chi connectivity index (χ4n) is 3.97. The molecule has 0 aromatic heterocycles. The van der Waals surface area contributed by atoms with Crippen LogP contribution < -0.4 is 9.47 Å². The predicted molar refractivity (Wildman–Crippen MR) is 122 cm³/mol. The molecule has 8 heteroatoms. The maximum Gasteiger partial charge on any atom is 0.325 e. The molecule has 1 aliphatic heterocycles. The molecule has 1 aliphatic rings. The van der Waals surface area contributed by atoms with E-state index < -0.39 is 20.6 Å². The van der Waals surface area contributed by atoms with Crippen LogP contribution in [-0.4, -0.2) is 55.9 Å². The van der Waals surface area contributed by atoms with Gasteiger partial charge in [-0.3, -0.25) is 9.69 Å². The Morgan fingerprint density at radius 3 is 2.38 bits per heavy atom. The van der Waals surface area contributed by atoms with E-state index in [0.717, 1.165) is 24.2 Å². The summed E-state index contributed by atoms with van der Waals surface area (Å²) in [6.07, 6.45) is 1.98. The van der Waals surface area contributed by atoms with Crippen LogP contribution in [0.5, 0.6) is 11.5 Å². The fourth-order valence-corrected chi connectivity index (χ4v) is 5.87. The van der Waals surface area contributed by atoms with Gasteiger partial charge in [-0.2, -0.15) is 0 Å². The van der Waals surface area contributed by atoms with Crippen LogP contribution in [0, 0.1) is 0 Å². The van der Waals surface area contributed by atoms with Crippen molar-refractivity contribution in [2.45, 2.75) is 48.8 Å². The van der Waals surface area contributed by atoms with Crippen LogP contribution in [0.3, 0.4) is 0 Å². The molecule has 0 atom stereocenters. The number of carboxylic acid groups (broad SMARTS) is 1. The van der Waals surface area contributed by atoms with Crippen molar-refractivity contribution in [1.29, 1.82) is 0 Å². The molecule has 3 rings (SSSR count). The van der Waals surface area contributed by atoms with Gasteiger partial charge < -0.3 is 14.6 Å². The molecule has 0 radical (unpaired) electrons. The van der Waals surface area contributed by atoms with E-state index in [1.54, 1.807) is 19.2 Å². The largest absolute Gasteiger partial charge is 0.497 e. The number of benzene rings is 2. The van der Waals surface area contributed by atoms with Gasteiger partial charge in [-0.15, -0.1) is 0 Å². The Bertz CT molecular complexity index is 1010. The predicted octanol–water partition coefficient (Wildman–Crippen LogP) is 3.77. The van der Waals surface area contributed by atoms with Gasteiger partial charge in [0.2, 0.25) is 0 Å². The lowest BCUT2D eigenvalue weighted by Gasteiger charge is -2.38. The smallest absolute Gasteiger partial charge is 0.325 e. The first-order valence-corrected chi connectivity index (χ1v) is 12.4. The number of carboxylic acids is 1. The number of likely N-dealkylation sites (tertiary alicyclic amines) is 1. The summed E-state index contributed by atoms with van der Waals surface area (Å²) in [4.78, 5) is 14.3. The van der Waals surface area contributed by atoms with Crippen molar-refractivity contribution in [1.82, 2.24) is 4.90 Å². The number of carbonyl (C=O) groups is 1. The molecule has 0 unspecified atom stereocenters. The maximum atomic E-state index is 13.4. The Hall–Kier alpha value is -2.58. The number of ether oxygens (including phenoxy) is 2. The topological polar surface area (TPSA) is 93.1 Å². The zero-order valence-corrected chi connectivity index (χ0v) is 19.4. The summed E-state index contributed by atoms with van der Waals surface area (Å²) in [5.41, 5.74) is 1.04. The lowest BCUT2D eigenvalue weighted by Crippen LogP contribution is -2.54. The lowest BCUT2D eigenvalue weighted by molar-refractivity contribution is -0.141. The van der Waals surface area contributed by atoms with Crippen molar-refractivity contribution in [2.24, 2.45) is 0 Å². The molecule has 0 amide bonds. The van der Waals surface area contributed by atoms with Gasteiger partial charge in [0.1, 0.15) is 11.5 Å². The van der Waals surface area contributed by atoms with Gasteiger partial charge in [0.05, 0.1) is 18.6 Å². The number of piperidine rings is 1. The van der Waals surface area contributed by atoms with Gasteiger partial charge in [-0.25, -0.2) is 8.42 Å². The second-order valence-corrected chi connectivity index (χ2v) is 10.4. The van der Waals surface area contributed by atoms with E-state index in [0.29, 0.717) is 32.0 Å². The summed E-state index contributed by atoms with van der Waals surface area (Å²) in [7, 11) is -2.47. The van der Waals surface area contributed by atoms with Gasteiger partial charge in [0.15, 0.2) is 14.6 Å². The number of nitrogens with zero attached hydrogens (tertiary/aromatic N) is 1. The van der Waals surface area contributed by atoms with Crippen LogP contribution in [0.25, 0.3) is 0 Å². The van der Waals surface area contributed by atoms with Gasteiger partial charge in [-0.1, -0.05) is 25.5 Å². The number of sulfone groups is 1. The van der Waals surface area contributed by atoms with Gasteiger partial charge >= 0.3 is 5.97 Å². The third kappa shape index (κ3) is 5.07. The van der Waals surface area contributed by atoms with Crippen LogP contribution in [0.15, 0.2) is 53.4 Å². The average Bonchev–Trinajstić information content (AvgIpc) is 2.80. The summed E-state index contributed by atoms with van der Waals surface area (Å²) in [5, 5.41) is 9.99. The Labute approximate surface area is 189 Å². The molecule has 0 spiro atoms. The molecule has 2 aromatic rings. The van der Waals surface area contributed by atoms with E-state index in [4.69, 9.17) is 9.47 Å². The Morgan fingerprint density at radius 1 is 1.09 bits per heavy atom. The van der Waals surface area contributed by atoms with E-state index in [2.05, 4.69) is 11.8 Å². The third-order valence-electron chi connectivity index (χ3n) is 6.01. The number of methoxy groups -OCH3 is 1. The second-order valence-electron chi connectivity index (χ2n) is 8.10. The first kappa shape index (κ1) is 24.1. The summed E-state index contributed by atoms with van der Waals surface area (Å²) >= 11 is 0. The van der Waals surface area contributed by atoms with Crippen molar-refractivity contribution < 1.29 is 27.8 Å². The molecular formula is C24H31NO6S. The van der Waals surface area contributed by atoms with Crippen molar-refractivity contribution in [2.75, 3.05) is 26.8 Å². The normalized spacial score (nSPS) is 16.4. The Balaban J connectivity index is 1.73. The molecule has 0 bridgehead atoms. The molecule has 1 saturated heterocycles. The average molecular weight is 462 g/mol. The summed E-state index contributed by atoms with van der Waals surface area (Å²) in [5.74, 6) is 0.0424. The molecule has 0 saturated carbocycles. The maximum absolute atomic E-state index is 13.4. The van der Waals surface area contributed by atoms with Gasteiger partial charge in [0, 0.05) is 19.6 Å². The molecule has 7 nitrogen and oxygen atoms in total. The minimum absolute atomic E-state index is 0.0176. The molecular weight excluding hydrogens is 430 g/mol. The summed E-state index contributed by atoms with van der Waals surface area (Å²) < 4.78 is 35.8. The highest BCUT2D eigenvalue weighted by Crippen LogP contribution is 2.37. The van der Waals surface area contributed by atoms with Gasteiger partial charge in [0.25, 0.3) is 0 Å². The Morgan fingerprint density at radius 2 is 1.78 bits per heavy atom. The minimum atomic E-state index is -4.07. The first-order valence-electron chi connectivity index (χ1n) is 10.9. The van der Waals surface area contributed by atoms with Crippen molar-refractivity contribution in [3.05, 3.63) is 54.1 Å². The van der Waals surface area contributed by atoms with Crippen LogP contribution >= 0.6 is 0 Å². The highest BCUT2D eigenvalue weighted by Gasteiger charge is 2.53. The number of rotatable bonds is 10. The summed E-state index contributed by atoms with van der Waals surface area (Å²) in [6, 6.07) is 13.8. The van der Waals surface area contributed by atoms with Crippen molar-refractivity contribution in [3.8, 4) is 11.5 Å². The van der Waals surface area contributed by atoms with E-state index in [1.165, 1.54) is 12.1 Å². The quantitative estimate of drug-likeness (QED) is 0.539. The fraction of sp³-hybridized carbons (Fsp3) is 0.458. The first-order chi connectivity index (χ1) is 15.3. The highest BCUT2D eigenvalue weighted by molar-refractivity contribution is 7.93. The molecule has 174 valence electrons. The van der Waals surface area contributed by atoms with Gasteiger partial charge in [-0.05, 0) is 61.2 Å². The van der Waals surface area contributed by atoms with E-state index in [-0.39, 0.29) is 17.7 Å². The zero-order chi connectivity index (χ0) is 23.2. The lowest BCUT2D eigenvalue weighted by atomic mass is 9.95. The van der Waals surface area contributed by atoms with Crippen LogP contribution in [0.2, 0.25) is 0 Å². The molecule has 1 heterocycles. The SMILES string of the molecule is CCCCOc1ccc(S(=O)(=O)C2(C(=O)O)CCN(Cc3cccc(OC)c3)CC2)cc1. The van der Waals surface area contributed by atoms with Crippen molar-refractivity contribution in [3.63, 3.8) is 0 Å². The van der Waals surface area contributed by atoms with E-state index in [9.17, 15) is 18.3 Å².